The molecule has 1 aliphatic heterocycles. The van der Waals surface area contributed by atoms with Crippen LogP contribution in [0.25, 0.3) is 0 Å². The number of rotatable bonds is 3. The Hall–Kier alpha value is -1.10. The van der Waals surface area contributed by atoms with Gasteiger partial charge in [0.2, 0.25) is 0 Å². The summed E-state index contributed by atoms with van der Waals surface area (Å²) in [6.45, 7) is 1.39. The summed E-state index contributed by atoms with van der Waals surface area (Å²) in [5.41, 5.74) is -0.994. The van der Waals surface area contributed by atoms with Gasteiger partial charge in [-0.2, -0.15) is 0 Å². The van der Waals surface area contributed by atoms with Gasteiger partial charge in [0.05, 0.1) is 13.2 Å². The van der Waals surface area contributed by atoms with Crippen molar-refractivity contribution >= 4 is 11.9 Å². The quantitative estimate of drug-likeness (QED) is 0.592. The first kappa shape index (κ1) is 8.99. The summed E-state index contributed by atoms with van der Waals surface area (Å²) in [5, 5.41) is 8.73. The lowest BCUT2D eigenvalue weighted by atomic mass is 9.87. The van der Waals surface area contributed by atoms with Crippen LogP contribution < -0.4 is 0 Å². The molecule has 5 heteroatoms. The van der Waals surface area contributed by atoms with Gasteiger partial charge in [0.25, 0.3) is 0 Å². The molecular formula is C7H10O5. The number of carboxylic acids is 1. The molecule has 68 valence electrons. The number of aliphatic carboxylic acids is 1. The first-order valence-corrected chi connectivity index (χ1v) is 3.51. The maximum atomic E-state index is 10.6. The molecule has 1 fully saturated rings. The summed E-state index contributed by atoms with van der Waals surface area (Å²) in [7, 11) is 0. The van der Waals surface area contributed by atoms with Crippen molar-refractivity contribution in [3.8, 4) is 0 Å². The van der Waals surface area contributed by atoms with Crippen LogP contribution in [0.2, 0.25) is 0 Å². The van der Waals surface area contributed by atoms with Gasteiger partial charge >= 0.3 is 11.9 Å². The zero-order valence-corrected chi connectivity index (χ0v) is 6.70. The molecule has 0 aromatic rings. The number of ether oxygens (including phenoxy) is 2. The molecule has 0 radical (unpaired) electrons. The highest BCUT2D eigenvalue weighted by Crippen LogP contribution is 2.27. The van der Waals surface area contributed by atoms with Crippen LogP contribution in [0.15, 0.2) is 0 Å². The minimum atomic E-state index is -0.994. The average molecular weight is 174 g/mol. The minimum Gasteiger partial charge on any atom is -0.481 e. The van der Waals surface area contributed by atoms with Gasteiger partial charge in [-0.05, 0) is 0 Å². The number of hydrogen-bond donors (Lipinski definition) is 1. The summed E-state index contributed by atoms with van der Waals surface area (Å²) in [6, 6.07) is 0. The van der Waals surface area contributed by atoms with Crippen LogP contribution in [-0.2, 0) is 19.1 Å². The standard InChI is InChI=1S/C7H10O5/c1-5(8)12-4-7(6(9)10)2-11-3-7/h2-4H2,1H3,(H,9,10). The Morgan fingerprint density at radius 2 is 2.17 bits per heavy atom. The van der Waals surface area contributed by atoms with Crippen molar-refractivity contribution in [1.82, 2.24) is 0 Å². The molecule has 0 saturated carbocycles. The lowest BCUT2D eigenvalue weighted by molar-refractivity contribution is -0.192. The molecule has 1 aliphatic rings. The largest absolute Gasteiger partial charge is 0.481 e. The van der Waals surface area contributed by atoms with Crippen LogP contribution in [0, 0.1) is 5.41 Å². The second-order valence-corrected chi connectivity index (χ2v) is 2.86. The Kier molecular flexibility index (Phi) is 2.32. The number of carbonyl (C=O) groups is 2. The fraction of sp³-hybridized carbons (Fsp3) is 0.714. The molecule has 0 aromatic carbocycles. The number of esters is 1. The first-order valence-electron chi connectivity index (χ1n) is 3.51. The maximum absolute atomic E-state index is 10.6. The Labute approximate surface area is 69.3 Å². The van der Waals surface area contributed by atoms with Gasteiger partial charge in [0.1, 0.15) is 12.0 Å². The van der Waals surface area contributed by atoms with Crippen molar-refractivity contribution < 1.29 is 24.2 Å². The van der Waals surface area contributed by atoms with Gasteiger partial charge in [0.15, 0.2) is 0 Å². The lowest BCUT2D eigenvalue weighted by Crippen LogP contribution is -2.52. The fourth-order valence-corrected chi connectivity index (χ4v) is 0.857. The molecule has 1 heterocycles. The molecule has 0 bridgehead atoms. The molecule has 0 aliphatic carbocycles. The third kappa shape index (κ3) is 1.55. The minimum absolute atomic E-state index is 0.0995. The highest BCUT2D eigenvalue weighted by Gasteiger charge is 2.47. The first-order chi connectivity index (χ1) is 5.57. The number of carboxylic acid groups (broad SMARTS) is 1. The highest BCUT2D eigenvalue weighted by atomic mass is 16.6. The van der Waals surface area contributed by atoms with Crippen LogP contribution in [-0.4, -0.2) is 36.9 Å². The molecule has 1 rings (SSSR count). The van der Waals surface area contributed by atoms with Crippen molar-refractivity contribution in [2.24, 2.45) is 5.41 Å². The summed E-state index contributed by atoms with van der Waals surface area (Å²) in [6.07, 6.45) is 0. The average Bonchev–Trinajstić information content (AvgIpc) is 1.83. The molecular weight excluding hydrogens is 164 g/mol. The summed E-state index contributed by atoms with van der Waals surface area (Å²) >= 11 is 0. The Balaban J connectivity index is 2.45. The summed E-state index contributed by atoms with van der Waals surface area (Å²) in [5.74, 6) is -1.45. The van der Waals surface area contributed by atoms with Gasteiger partial charge in [-0.3, -0.25) is 9.59 Å². The fourth-order valence-electron chi connectivity index (χ4n) is 0.857. The normalized spacial score (nSPS) is 19.4. The molecule has 0 atom stereocenters. The van der Waals surface area contributed by atoms with E-state index in [1.807, 2.05) is 0 Å². The summed E-state index contributed by atoms with van der Waals surface area (Å²) < 4.78 is 9.37. The molecule has 0 spiro atoms. The van der Waals surface area contributed by atoms with E-state index in [1.54, 1.807) is 0 Å². The van der Waals surface area contributed by atoms with E-state index in [2.05, 4.69) is 4.74 Å². The SMILES string of the molecule is CC(=O)OCC1(C(=O)O)COC1. The predicted octanol–water partition coefficient (Wildman–Crippen LogP) is -0.349. The highest BCUT2D eigenvalue weighted by molar-refractivity contribution is 5.76. The van der Waals surface area contributed by atoms with E-state index in [0.29, 0.717) is 0 Å². The van der Waals surface area contributed by atoms with Gasteiger partial charge in [0, 0.05) is 6.92 Å². The van der Waals surface area contributed by atoms with Gasteiger partial charge < -0.3 is 14.6 Å². The van der Waals surface area contributed by atoms with E-state index >= 15 is 0 Å². The summed E-state index contributed by atoms with van der Waals surface area (Å²) in [4.78, 5) is 21.0. The van der Waals surface area contributed by atoms with Crippen molar-refractivity contribution in [2.45, 2.75) is 6.92 Å². The van der Waals surface area contributed by atoms with Crippen molar-refractivity contribution in [3.63, 3.8) is 0 Å². The van der Waals surface area contributed by atoms with Gasteiger partial charge in [-0.15, -0.1) is 0 Å². The number of carbonyl (C=O) groups excluding carboxylic acids is 1. The van der Waals surface area contributed by atoms with Crippen LogP contribution in [0.4, 0.5) is 0 Å². The van der Waals surface area contributed by atoms with Crippen LogP contribution in [0.3, 0.4) is 0 Å². The van der Waals surface area contributed by atoms with E-state index in [9.17, 15) is 9.59 Å². The maximum Gasteiger partial charge on any atom is 0.317 e. The van der Waals surface area contributed by atoms with Crippen molar-refractivity contribution in [1.29, 1.82) is 0 Å². The van der Waals surface area contributed by atoms with Gasteiger partial charge in [-0.1, -0.05) is 0 Å². The van der Waals surface area contributed by atoms with Crippen LogP contribution in [0.5, 0.6) is 0 Å². The molecule has 0 aromatic heterocycles. The van der Waals surface area contributed by atoms with Crippen molar-refractivity contribution in [3.05, 3.63) is 0 Å². The second kappa shape index (κ2) is 3.10. The second-order valence-electron chi connectivity index (χ2n) is 2.86. The Bertz CT molecular complexity index is 206. The topological polar surface area (TPSA) is 72.8 Å². The van der Waals surface area contributed by atoms with E-state index < -0.39 is 17.4 Å². The van der Waals surface area contributed by atoms with Crippen LogP contribution in [0.1, 0.15) is 6.92 Å². The zero-order chi connectivity index (χ0) is 9.19. The third-order valence-electron chi connectivity index (χ3n) is 1.76. The monoisotopic (exact) mass is 174 g/mol. The van der Waals surface area contributed by atoms with Crippen molar-refractivity contribution in [2.75, 3.05) is 19.8 Å². The molecule has 1 saturated heterocycles. The molecule has 5 nitrogen and oxygen atoms in total. The molecule has 12 heavy (non-hydrogen) atoms. The lowest BCUT2D eigenvalue weighted by Gasteiger charge is -2.36. The smallest absolute Gasteiger partial charge is 0.317 e. The van der Waals surface area contributed by atoms with Crippen LogP contribution >= 0.6 is 0 Å². The third-order valence-corrected chi connectivity index (χ3v) is 1.76. The predicted molar refractivity (Wildman–Crippen MR) is 37.5 cm³/mol. The molecule has 0 amide bonds. The molecule has 1 N–H and O–H groups in total. The van der Waals surface area contributed by atoms with E-state index in [1.165, 1.54) is 6.92 Å². The Morgan fingerprint density at radius 1 is 1.58 bits per heavy atom. The number of hydrogen-bond acceptors (Lipinski definition) is 4. The van der Waals surface area contributed by atoms with Gasteiger partial charge in [-0.25, -0.2) is 0 Å². The van der Waals surface area contributed by atoms with E-state index in [0.717, 1.165) is 0 Å². The Morgan fingerprint density at radius 3 is 2.42 bits per heavy atom. The van der Waals surface area contributed by atoms with E-state index in [4.69, 9.17) is 9.84 Å². The zero-order valence-electron chi connectivity index (χ0n) is 6.70. The molecule has 0 unspecified atom stereocenters. The van der Waals surface area contributed by atoms with E-state index in [-0.39, 0.29) is 19.8 Å².